The van der Waals surface area contributed by atoms with Crippen molar-refractivity contribution in [1.29, 1.82) is 0 Å². The topological polar surface area (TPSA) is 71.4 Å². The SMILES string of the molecule is CC(C)C(C(=O)O)S(=O)(=O)Cc1ccc(F)c(Cl)c1. The average Bonchev–Trinajstić information content (AvgIpc) is 2.21. The van der Waals surface area contributed by atoms with Crippen LogP contribution in [0.3, 0.4) is 0 Å². The zero-order valence-electron chi connectivity index (χ0n) is 10.4. The lowest BCUT2D eigenvalue weighted by Gasteiger charge is -2.17. The Balaban J connectivity index is 3.08. The molecule has 0 fully saturated rings. The van der Waals surface area contributed by atoms with Crippen LogP contribution in [0.2, 0.25) is 5.02 Å². The third kappa shape index (κ3) is 3.91. The Bertz CT molecular complexity index is 583. The molecule has 1 unspecified atom stereocenters. The Morgan fingerprint density at radius 2 is 2.00 bits per heavy atom. The largest absolute Gasteiger partial charge is 0.480 e. The molecule has 0 aliphatic rings. The van der Waals surface area contributed by atoms with Gasteiger partial charge in [-0.25, -0.2) is 12.8 Å². The van der Waals surface area contributed by atoms with E-state index in [0.717, 1.165) is 6.07 Å². The van der Waals surface area contributed by atoms with Crippen LogP contribution in [0.25, 0.3) is 0 Å². The van der Waals surface area contributed by atoms with E-state index in [0.29, 0.717) is 0 Å². The van der Waals surface area contributed by atoms with E-state index in [4.69, 9.17) is 16.7 Å². The van der Waals surface area contributed by atoms with E-state index >= 15 is 0 Å². The van der Waals surface area contributed by atoms with Gasteiger partial charge in [0.1, 0.15) is 5.82 Å². The van der Waals surface area contributed by atoms with E-state index in [9.17, 15) is 17.6 Å². The molecule has 4 nitrogen and oxygen atoms in total. The van der Waals surface area contributed by atoms with Gasteiger partial charge in [0.2, 0.25) is 0 Å². The number of sulfone groups is 1. The van der Waals surface area contributed by atoms with Gasteiger partial charge in [-0.1, -0.05) is 31.5 Å². The van der Waals surface area contributed by atoms with Crippen molar-refractivity contribution in [3.05, 3.63) is 34.6 Å². The molecule has 0 aliphatic heterocycles. The second kappa shape index (κ2) is 5.88. The fourth-order valence-electron chi connectivity index (χ4n) is 1.80. The van der Waals surface area contributed by atoms with Crippen LogP contribution < -0.4 is 0 Å². The van der Waals surface area contributed by atoms with Crippen molar-refractivity contribution in [2.75, 3.05) is 0 Å². The lowest BCUT2D eigenvalue weighted by molar-refractivity contribution is -0.137. The van der Waals surface area contributed by atoms with Crippen molar-refractivity contribution in [3.8, 4) is 0 Å². The molecule has 1 atom stereocenters. The molecule has 0 aliphatic carbocycles. The molecule has 0 saturated heterocycles. The summed E-state index contributed by atoms with van der Waals surface area (Å²) in [5.74, 6) is -3.08. The van der Waals surface area contributed by atoms with E-state index in [1.807, 2.05) is 0 Å². The van der Waals surface area contributed by atoms with Crippen LogP contribution in [0.15, 0.2) is 18.2 Å². The summed E-state index contributed by atoms with van der Waals surface area (Å²) in [6.07, 6.45) is 0. The summed E-state index contributed by atoms with van der Waals surface area (Å²) in [6, 6.07) is 3.52. The van der Waals surface area contributed by atoms with Crippen molar-refractivity contribution in [3.63, 3.8) is 0 Å². The highest BCUT2D eigenvalue weighted by Gasteiger charge is 2.35. The number of carbonyl (C=O) groups is 1. The maximum atomic E-state index is 13.0. The molecule has 7 heteroatoms. The van der Waals surface area contributed by atoms with Crippen LogP contribution >= 0.6 is 11.6 Å². The number of hydrogen-bond acceptors (Lipinski definition) is 3. The quantitative estimate of drug-likeness (QED) is 0.907. The first kappa shape index (κ1) is 15.9. The molecule has 0 bridgehead atoms. The molecule has 1 aromatic carbocycles. The minimum absolute atomic E-state index is 0.191. The molecule has 0 spiro atoms. The van der Waals surface area contributed by atoms with Gasteiger partial charge in [0.05, 0.1) is 10.8 Å². The highest BCUT2D eigenvalue weighted by Crippen LogP contribution is 2.21. The Morgan fingerprint density at radius 1 is 1.42 bits per heavy atom. The maximum absolute atomic E-state index is 13.0. The summed E-state index contributed by atoms with van der Waals surface area (Å²) < 4.78 is 37.1. The molecule has 0 saturated carbocycles. The summed E-state index contributed by atoms with van der Waals surface area (Å²) in [7, 11) is -3.88. The standard InChI is InChI=1S/C12H14ClFO4S/c1-7(2)11(12(15)16)19(17,18)6-8-3-4-10(14)9(13)5-8/h3-5,7,11H,6H2,1-2H3,(H,15,16). The molecule has 106 valence electrons. The zero-order chi connectivity index (χ0) is 14.8. The minimum atomic E-state index is -3.88. The van der Waals surface area contributed by atoms with E-state index in [2.05, 4.69) is 0 Å². The summed E-state index contributed by atoms with van der Waals surface area (Å²) in [5, 5.41) is 7.31. The third-order valence-electron chi connectivity index (χ3n) is 2.59. The molecule has 1 N–H and O–H groups in total. The number of rotatable bonds is 5. The number of hydrogen-bond donors (Lipinski definition) is 1. The van der Waals surface area contributed by atoms with Gasteiger partial charge in [0, 0.05) is 0 Å². The van der Waals surface area contributed by atoms with Gasteiger partial charge in [0.25, 0.3) is 0 Å². The lowest BCUT2D eigenvalue weighted by atomic mass is 10.1. The first-order valence-electron chi connectivity index (χ1n) is 5.53. The number of carboxylic acid groups (broad SMARTS) is 1. The van der Waals surface area contributed by atoms with Crippen LogP contribution in [0.1, 0.15) is 19.4 Å². The molecule has 0 aromatic heterocycles. The first-order chi connectivity index (χ1) is 8.65. The van der Waals surface area contributed by atoms with Gasteiger partial charge < -0.3 is 5.11 Å². The molecular weight excluding hydrogens is 295 g/mol. The number of carboxylic acids is 1. The predicted molar refractivity (Wildman–Crippen MR) is 70.3 cm³/mol. The van der Waals surface area contributed by atoms with Gasteiger partial charge in [-0.15, -0.1) is 0 Å². The van der Waals surface area contributed by atoms with Crippen LogP contribution in [-0.2, 0) is 20.4 Å². The molecular formula is C12H14ClFO4S. The van der Waals surface area contributed by atoms with Crippen LogP contribution in [-0.4, -0.2) is 24.7 Å². The molecule has 1 aromatic rings. The van der Waals surface area contributed by atoms with Crippen LogP contribution in [0, 0.1) is 11.7 Å². The lowest BCUT2D eigenvalue weighted by Crippen LogP contribution is -2.35. The first-order valence-corrected chi connectivity index (χ1v) is 7.63. The summed E-state index contributed by atoms with van der Waals surface area (Å²) >= 11 is 5.56. The van der Waals surface area contributed by atoms with E-state index < -0.39 is 38.5 Å². The number of aliphatic carboxylic acids is 1. The van der Waals surface area contributed by atoms with Gasteiger partial charge in [-0.3, -0.25) is 4.79 Å². The second-order valence-corrected chi connectivity index (χ2v) is 7.09. The monoisotopic (exact) mass is 308 g/mol. The van der Waals surface area contributed by atoms with E-state index in [-0.39, 0.29) is 10.6 Å². The number of benzene rings is 1. The Hall–Kier alpha value is -1.14. The fraction of sp³-hybridized carbons (Fsp3) is 0.417. The Kier molecular flexibility index (Phi) is 4.92. The van der Waals surface area contributed by atoms with E-state index in [1.54, 1.807) is 0 Å². The summed E-state index contributed by atoms with van der Waals surface area (Å²) in [6.45, 7) is 3.04. The highest BCUT2D eigenvalue weighted by atomic mass is 35.5. The predicted octanol–water partition coefficient (Wildman–Crippen LogP) is 2.50. The normalized spacial score (nSPS) is 13.5. The average molecular weight is 309 g/mol. The number of halogens is 2. The molecule has 0 radical (unpaired) electrons. The Morgan fingerprint density at radius 3 is 2.42 bits per heavy atom. The molecule has 0 heterocycles. The van der Waals surface area contributed by atoms with Crippen molar-refractivity contribution < 1.29 is 22.7 Å². The molecule has 1 rings (SSSR count). The van der Waals surface area contributed by atoms with Gasteiger partial charge in [-0.2, -0.15) is 0 Å². The van der Waals surface area contributed by atoms with E-state index in [1.165, 1.54) is 26.0 Å². The molecule has 19 heavy (non-hydrogen) atoms. The molecule has 0 amide bonds. The fourth-order valence-corrected chi connectivity index (χ4v) is 3.97. The summed E-state index contributed by atoms with van der Waals surface area (Å²) in [5.41, 5.74) is 0.262. The van der Waals surface area contributed by atoms with Crippen molar-refractivity contribution in [2.24, 2.45) is 5.92 Å². The van der Waals surface area contributed by atoms with Crippen molar-refractivity contribution >= 4 is 27.4 Å². The smallest absolute Gasteiger partial charge is 0.322 e. The third-order valence-corrected chi connectivity index (χ3v) is 5.13. The van der Waals surface area contributed by atoms with Crippen molar-refractivity contribution in [2.45, 2.75) is 24.9 Å². The van der Waals surface area contributed by atoms with Gasteiger partial charge >= 0.3 is 5.97 Å². The van der Waals surface area contributed by atoms with Gasteiger partial charge in [-0.05, 0) is 23.6 Å². The van der Waals surface area contributed by atoms with Crippen LogP contribution in [0.5, 0.6) is 0 Å². The minimum Gasteiger partial charge on any atom is -0.480 e. The van der Waals surface area contributed by atoms with Crippen molar-refractivity contribution in [1.82, 2.24) is 0 Å². The zero-order valence-corrected chi connectivity index (χ0v) is 12.0. The Labute approximate surface area is 116 Å². The summed E-state index contributed by atoms with van der Waals surface area (Å²) in [4.78, 5) is 11.0. The maximum Gasteiger partial charge on any atom is 0.322 e. The highest BCUT2D eigenvalue weighted by molar-refractivity contribution is 7.92. The van der Waals surface area contributed by atoms with Gasteiger partial charge in [0.15, 0.2) is 15.1 Å². The van der Waals surface area contributed by atoms with Crippen LogP contribution in [0.4, 0.5) is 4.39 Å². The second-order valence-electron chi connectivity index (χ2n) is 4.56.